The van der Waals surface area contributed by atoms with Crippen LogP contribution in [-0.2, 0) is 27.4 Å². The van der Waals surface area contributed by atoms with Gasteiger partial charge in [0, 0.05) is 43.8 Å². The molecular formula is C32H52N6O4. The summed E-state index contributed by atoms with van der Waals surface area (Å²) in [5.41, 5.74) is 2.33. The minimum atomic E-state index is -0.705. The molecular weight excluding hydrogens is 532 g/mol. The van der Waals surface area contributed by atoms with Gasteiger partial charge in [0.2, 0.25) is 5.91 Å². The predicted molar refractivity (Wildman–Crippen MR) is 165 cm³/mol. The zero-order valence-electron chi connectivity index (χ0n) is 27.0. The Morgan fingerprint density at radius 3 is 2.33 bits per heavy atom. The van der Waals surface area contributed by atoms with E-state index in [-0.39, 0.29) is 24.1 Å². The van der Waals surface area contributed by atoms with Crippen molar-refractivity contribution in [1.29, 1.82) is 0 Å². The Morgan fingerprint density at radius 1 is 1.05 bits per heavy atom. The van der Waals surface area contributed by atoms with Crippen LogP contribution >= 0.6 is 0 Å². The topological polar surface area (TPSA) is 92.2 Å². The molecule has 0 radical (unpaired) electrons. The van der Waals surface area contributed by atoms with E-state index in [4.69, 9.17) is 9.47 Å². The van der Waals surface area contributed by atoms with Gasteiger partial charge in [-0.05, 0) is 96.2 Å². The van der Waals surface area contributed by atoms with Crippen LogP contribution in [0.5, 0.6) is 0 Å². The van der Waals surface area contributed by atoms with E-state index < -0.39 is 11.8 Å². The van der Waals surface area contributed by atoms with Crippen molar-refractivity contribution in [3.8, 4) is 0 Å². The number of aryl methyl sites for hydroxylation is 1. The molecule has 0 saturated carbocycles. The van der Waals surface area contributed by atoms with Crippen molar-refractivity contribution in [2.75, 3.05) is 53.4 Å². The average molecular weight is 585 g/mol. The number of nitrogens with one attached hydrogen (secondary N) is 1. The van der Waals surface area contributed by atoms with Gasteiger partial charge in [-0.25, -0.2) is 9.48 Å². The number of nitrogens with zero attached hydrogens (tertiary/aromatic N) is 5. The SMILES string of the molecule is CN[C@H](Cc1cc(C)c2nn(COC(=O)OC(C)(C)CC(C)(C)C)cc2c1)C(=O)N1CCN(C2CCN(C)CC2)CC1. The second-order valence-corrected chi connectivity index (χ2v) is 14.1. The van der Waals surface area contributed by atoms with E-state index in [2.05, 4.69) is 60.2 Å². The van der Waals surface area contributed by atoms with Gasteiger partial charge in [0.15, 0.2) is 6.73 Å². The first-order chi connectivity index (χ1) is 19.7. The zero-order valence-corrected chi connectivity index (χ0v) is 27.0. The number of hydrogen-bond acceptors (Lipinski definition) is 8. The van der Waals surface area contributed by atoms with Crippen molar-refractivity contribution in [2.24, 2.45) is 5.41 Å². The van der Waals surface area contributed by atoms with Crippen molar-refractivity contribution >= 4 is 23.0 Å². The van der Waals surface area contributed by atoms with Crippen molar-refractivity contribution < 1.29 is 19.1 Å². The van der Waals surface area contributed by atoms with E-state index in [1.54, 1.807) is 4.68 Å². The molecule has 10 heteroatoms. The maximum absolute atomic E-state index is 13.5. The molecule has 0 bridgehead atoms. The van der Waals surface area contributed by atoms with E-state index >= 15 is 0 Å². The van der Waals surface area contributed by atoms with Crippen molar-refractivity contribution in [1.82, 2.24) is 29.8 Å². The Morgan fingerprint density at radius 2 is 1.71 bits per heavy atom. The summed E-state index contributed by atoms with van der Waals surface area (Å²) in [6.45, 7) is 17.9. The summed E-state index contributed by atoms with van der Waals surface area (Å²) in [7, 11) is 4.05. The fourth-order valence-corrected chi connectivity index (χ4v) is 6.74. The number of benzene rings is 1. The minimum Gasteiger partial charge on any atom is -0.428 e. The van der Waals surface area contributed by atoms with E-state index in [1.807, 2.05) is 38.9 Å². The number of hydrogen-bond donors (Lipinski definition) is 1. The quantitative estimate of drug-likeness (QED) is 0.442. The van der Waals surface area contributed by atoms with Gasteiger partial charge in [0.1, 0.15) is 5.60 Å². The lowest BCUT2D eigenvalue weighted by Crippen LogP contribution is -2.57. The Bertz CT molecular complexity index is 1220. The first-order valence-electron chi connectivity index (χ1n) is 15.4. The van der Waals surface area contributed by atoms with Crippen molar-refractivity contribution in [3.05, 3.63) is 29.5 Å². The molecule has 1 N–H and O–H groups in total. The molecule has 2 aliphatic heterocycles. The molecule has 234 valence electrons. The van der Waals surface area contributed by atoms with E-state index in [0.717, 1.165) is 61.3 Å². The van der Waals surface area contributed by atoms with E-state index in [9.17, 15) is 9.59 Å². The molecule has 4 rings (SSSR count). The van der Waals surface area contributed by atoms with Crippen LogP contribution in [0.2, 0.25) is 0 Å². The fourth-order valence-electron chi connectivity index (χ4n) is 6.74. The summed E-state index contributed by atoms with van der Waals surface area (Å²) in [5, 5.41) is 8.84. The molecule has 42 heavy (non-hydrogen) atoms. The van der Waals surface area contributed by atoms with Gasteiger partial charge in [-0.2, -0.15) is 5.10 Å². The Labute approximate surface area is 251 Å². The van der Waals surface area contributed by atoms with Crippen LogP contribution in [0.15, 0.2) is 18.3 Å². The Balaban J connectivity index is 1.32. The molecule has 2 fully saturated rings. The number of piperazine rings is 1. The highest BCUT2D eigenvalue weighted by molar-refractivity contribution is 5.84. The van der Waals surface area contributed by atoms with E-state index in [0.29, 0.717) is 18.9 Å². The first kappa shape index (κ1) is 32.2. The smallest absolute Gasteiger partial charge is 0.428 e. The van der Waals surface area contributed by atoms with Crippen LogP contribution < -0.4 is 5.32 Å². The second kappa shape index (κ2) is 13.3. The summed E-state index contributed by atoms with van der Waals surface area (Å²) in [4.78, 5) is 32.9. The molecule has 1 atom stereocenters. The lowest BCUT2D eigenvalue weighted by Gasteiger charge is -2.42. The standard InChI is InChI=1S/C32H52N6O4/c1-23-17-24(18-25-20-38(34-28(23)25)22-41-30(40)42-32(5,6)21-31(2,3)4)19-27(33-7)29(39)37-15-13-36(14-16-37)26-9-11-35(8)12-10-26/h17-18,20,26-27,33H,9-16,19,21-22H2,1-8H3/t27-/m1/s1. The molecule has 0 unspecified atom stereocenters. The van der Waals surface area contributed by atoms with E-state index in [1.165, 1.54) is 12.8 Å². The predicted octanol–water partition coefficient (Wildman–Crippen LogP) is 4.04. The van der Waals surface area contributed by atoms with Crippen LogP contribution in [0.1, 0.15) is 65.0 Å². The number of likely N-dealkylation sites (N-methyl/N-ethyl adjacent to an activating group) is 1. The normalized spacial score (nSPS) is 18.8. The highest BCUT2D eigenvalue weighted by Gasteiger charge is 2.31. The highest BCUT2D eigenvalue weighted by atomic mass is 16.7. The Kier molecular flexibility index (Phi) is 10.2. The second-order valence-electron chi connectivity index (χ2n) is 14.1. The number of amides is 1. The number of ether oxygens (including phenoxy) is 2. The third-order valence-corrected chi connectivity index (χ3v) is 8.45. The highest BCUT2D eigenvalue weighted by Crippen LogP contribution is 2.30. The summed E-state index contributed by atoms with van der Waals surface area (Å²) in [5.74, 6) is 0.162. The fraction of sp³-hybridized carbons (Fsp3) is 0.719. The molecule has 1 aromatic heterocycles. The number of piperidine rings is 1. The monoisotopic (exact) mass is 584 g/mol. The van der Waals surface area contributed by atoms with Crippen molar-refractivity contribution in [2.45, 2.75) is 91.6 Å². The van der Waals surface area contributed by atoms with Gasteiger partial charge in [-0.3, -0.25) is 9.69 Å². The number of carbonyl (C=O) groups is 2. The van der Waals surface area contributed by atoms with Gasteiger partial charge in [-0.1, -0.05) is 26.8 Å². The first-order valence-corrected chi connectivity index (χ1v) is 15.4. The molecule has 2 aliphatic rings. The molecule has 2 saturated heterocycles. The van der Waals surface area contributed by atoms with Crippen LogP contribution in [0.3, 0.4) is 0 Å². The lowest BCUT2D eigenvalue weighted by atomic mass is 9.84. The molecule has 3 heterocycles. The van der Waals surface area contributed by atoms with Gasteiger partial charge in [0.25, 0.3) is 0 Å². The number of carbonyl (C=O) groups excluding carboxylic acids is 2. The third kappa shape index (κ3) is 8.67. The Hall–Kier alpha value is -2.69. The molecule has 1 amide bonds. The molecule has 0 aliphatic carbocycles. The summed E-state index contributed by atoms with van der Waals surface area (Å²) < 4.78 is 12.6. The molecule has 2 aromatic rings. The van der Waals surface area contributed by atoms with Crippen LogP contribution in [0.25, 0.3) is 10.9 Å². The number of rotatable bonds is 9. The lowest BCUT2D eigenvalue weighted by molar-refractivity contribution is -0.135. The molecule has 1 aromatic carbocycles. The summed E-state index contributed by atoms with van der Waals surface area (Å²) in [6, 6.07) is 4.53. The van der Waals surface area contributed by atoms with Crippen LogP contribution in [0, 0.1) is 12.3 Å². The average Bonchev–Trinajstić information content (AvgIpc) is 3.33. The van der Waals surface area contributed by atoms with Gasteiger partial charge in [-0.15, -0.1) is 0 Å². The minimum absolute atomic E-state index is 0.0247. The number of likely N-dealkylation sites (tertiary alicyclic amines) is 1. The number of fused-ring (bicyclic) bond motifs is 1. The molecule has 10 nitrogen and oxygen atoms in total. The van der Waals surface area contributed by atoms with Gasteiger partial charge in [0.05, 0.1) is 11.6 Å². The van der Waals surface area contributed by atoms with Gasteiger partial charge >= 0.3 is 6.16 Å². The summed E-state index contributed by atoms with van der Waals surface area (Å²) >= 11 is 0. The summed E-state index contributed by atoms with van der Waals surface area (Å²) in [6.07, 6.45) is 4.91. The maximum atomic E-state index is 13.5. The third-order valence-electron chi connectivity index (χ3n) is 8.45. The van der Waals surface area contributed by atoms with Crippen LogP contribution in [-0.4, -0.2) is 108 Å². The van der Waals surface area contributed by atoms with Crippen molar-refractivity contribution in [3.63, 3.8) is 0 Å². The largest absolute Gasteiger partial charge is 0.510 e. The van der Waals surface area contributed by atoms with Crippen LogP contribution in [0.4, 0.5) is 4.79 Å². The van der Waals surface area contributed by atoms with Gasteiger partial charge < -0.3 is 24.6 Å². The zero-order chi connectivity index (χ0) is 30.7. The molecule has 0 spiro atoms. The maximum Gasteiger partial charge on any atom is 0.510 e. The number of aromatic nitrogens is 2.